The Morgan fingerprint density at radius 1 is 0.714 bits per heavy atom. The zero-order chi connectivity index (χ0) is 14.0. The molecule has 0 aliphatic carbocycles. The maximum absolute atomic E-state index is 4.73. The van der Waals surface area contributed by atoms with Crippen molar-refractivity contribution in [3.63, 3.8) is 0 Å². The molecular weight excluding hydrogens is 254 g/mol. The van der Waals surface area contributed by atoms with Crippen molar-refractivity contribution in [2.45, 2.75) is 6.92 Å². The molecular formula is C20H13N. The van der Waals surface area contributed by atoms with E-state index in [9.17, 15) is 0 Å². The highest BCUT2D eigenvalue weighted by molar-refractivity contribution is 6.32. The van der Waals surface area contributed by atoms with Gasteiger partial charge in [-0.1, -0.05) is 48.5 Å². The third kappa shape index (κ3) is 1.33. The van der Waals surface area contributed by atoms with E-state index in [0.29, 0.717) is 0 Å². The van der Waals surface area contributed by atoms with Gasteiger partial charge >= 0.3 is 0 Å². The number of rotatable bonds is 0. The summed E-state index contributed by atoms with van der Waals surface area (Å²) in [6.07, 6.45) is 1.96. The summed E-state index contributed by atoms with van der Waals surface area (Å²) in [4.78, 5) is 4.73. The van der Waals surface area contributed by atoms with Crippen molar-refractivity contribution in [2.24, 2.45) is 0 Å². The Hall–Kier alpha value is -2.67. The van der Waals surface area contributed by atoms with Crippen molar-refractivity contribution in [3.8, 4) is 0 Å². The average molecular weight is 267 g/mol. The Balaban J connectivity index is 2.29. The van der Waals surface area contributed by atoms with Crippen molar-refractivity contribution >= 4 is 43.2 Å². The second-order valence-corrected chi connectivity index (χ2v) is 5.78. The minimum atomic E-state index is 1.11. The van der Waals surface area contributed by atoms with Crippen molar-refractivity contribution in [1.82, 2.24) is 4.98 Å². The molecule has 0 amide bonds. The lowest BCUT2D eigenvalue weighted by Crippen LogP contribution is -1.89. The van der Waals surface area contributed by atoms with Gasteiger partial charge in [0, 0.05) is 17.0 Å². The molecule has 0 N–H and O–H groups in total. The molecule has 0 aliphatic rings. The lowest BCUT2D eigenvalue weighted by atomic mass is 9.91. The van der Waals surface area contributed by atoms with E-state index in [2.05, 4.69) is 61.5 Å². The first-order chi connectivity index (χ1) is 10.3. The van der Waals surface area contributed by atoms with Gasteiger partial charge in [-0.05, 0) is 45.5 Å². The maximum atomic E-state index is 4.73. The number of nitrogens with zero attached hydrogens (tertiary/aromatic N) is 1. The number of hydrogen-bond donors (Lipinski definition) is 0. The number of aromatic nitrogens is 1. The van der Waals surface area contributed by atoms with Crippen molar-refractivity contribution in [3.05, 3.63) is 66.4 Å². The highest BCUT2D eigenvalue weighted by atomic mass is 14.7. The lowest BCUT2D eigenvalue weighted by molar-refractivity contribution is 1.35. The van der Waals surface area contributed by atoms with Gasteiger partial charge < -0.3 is 0 Å². The van der Waals surface area contributed by atoms with Crippen LogP contribution in [0.5, 0.6) is 0 Å². The van der Waals surface area contributed by atoms with Crippen LogP contribution in [-0.4, -0.2) is 4.98 Å². The maximum Gasteiger partial charge on any atom is 0.0787 e. The van der Waals surface area contributed by atoms with Gasteiger partial charge in [0.1, 0.15) is 0 Å². The van der Waals surface area contributed by atoms with Crippen LogP contribution in [0.15, 0.2) is 60.8 Å². The van der Waals surface area contributed by atoms with E-state index < -0.39 is 0 Å². The van der Waals surface area contributed by atoms with Crippen LogP contribution in [0, 0.1) is 6.92 Å². The van der Waals surface area contributed by atoms with Gasteiger partial charge in [0.05, 0.1) is 5.52 Å². The number of fused-ring (bicyclic) bond motifs is 3. The summed E-state index contributed by atoms with van der Waals surface area (Å²) in [5.41, 5.74) is 2.31. The fourth-order valence-electron chi connectivity index (χ4n) is 3.57. The molecule has 1 nitrogen and oxygen atoms in total. The molecule has 0 saturated carbocycles. The highest BCUT2D eigenvalue weighted by Crippen LogP contribution is 2.39. The normalized spacial score (nSPS) is 12.0. The second kappa shape index (κ2) is 3.70. The van der Waals surface area contributed by atoms with Gasteiger partial charge in [-0.25, -0.2) is 0 Å². The fraction of sp³-hybridized carbons (Fsp3) is 0.0500. The molecule has 0 bridgehead atoms. The fourth-order valence-corrected chi connectivity index (χ4v) is 3.57. The molecule has 0 radical (unpaired) electrons. The summed E-state index contributed by atoms with van der Waals surface area (Å²) in [6.45, 7) is 2.11. The standard InChI is InChI=1S/C20H13N/c1-12-10-17-15-6-2-4-13-8-9-14-5-3-7-16(19(14)18(13)15)20(17)21-11-12/h2-11H,1H3. The molecule has 98 valence electrons. The van der Waals surface area contributed by atoms with Crippen molar-refractivity contribution in [1.29, 1.82) is 0 Å². The summed E-state index contributed by atoms with van der Waals surface area (Å²) in [5.74, 6) is 0. The number of pyridine rings is 1. The van der Waals surface area contributed by atoms with E-state index >= 15 is 0 Å². The average Bonchev–Trinajstić information content (AvgIpc) is 2.53. The van der Waals surface area contributed by atoms with Crippen molar-refractivity contribution < 1.29 is 0 Å². The van der Waals surface area contributed by atoms with Crippen LogP contribution in [-0.2, 0) is 0 Å². The molecule has 5 rings (SSSR count). The number of benzene rings is 4. The summed E-state index contributed by atoms with van der Waals surface area (Å²) in [6, 6.07) is 19.8. The molecule has 21 heavy (non-hydrogen) atoms. The first-order valence-electron chi connectivity index (χ1n) is 7.25. The Labute approximate surface area is 122 Å². The molecule has 1 heterocycles. The van der Waals surface area contributed by atoms with Crippen molar-refractivity contribution in [2.75, 3.05) is 0 Å². The Morgan fingerprint density at radius 3 is 2.14 bits per heavy atom. The first kappa shape index (κ1) is 11.0. The van der Waals surface area contributed by atoms with E-state index in [1.807, 2.05) is 6.20 Å². The molecule has 0 spiro atoms. The van der Waals surface area contributed by atoms with E-state index in [1.54, 1.807) is 0 Å². The summed E-state index contributed by atoms with van der Waals surface area (Å²) < 4.78 is 0. The van der Waals surface area contributed by atoms with Crippen LogP contribution in [0.3, 0.4) is 0 Å². The monoisotopic (exact) mass is 267 g/mol. The molecule has 0 atom stereocenters. The van der Waals surface area contributed by atoms with Gasteiger partial charge in [-0.2, -0.15) is 0 Å². The minimum Gasteiger partial charge on any atom is -0.255 e. The molecule has 5 aromatic rings. The molecule has 0 aliphatic heterocycles. The number of aryl methyl sites for hydroxylation is 1. The van der Waals surface area contributed by atoms with Gasteiger partial charge in [0.15, 0.2) is 0 Å². The Kier molecular flexibility index (Phi) is 1.95. The van der Waals surface area contributed by atoms with E-state index in [0.717, 1.165) is 5.52 Å². The van der Waals surface area contributed by atoms with Crippen LogP contribution in [0.4, 0.5) is 0 Å². The SMILES string of the molecule is Cc1cnc2c(c1)c1cccc3ccc4cccc2c4c31. The predicted octanol–water partition coefficient (Wildman–Crippen LogP) is 5.44. The minimum absolute atomic E-state index is 1.11. The quantitative estimate of drug-likeness (QED) is 0.269. The third-order valence-electron chi connectivity index (χ3n) is 4.46. The molecule has 1 aromatic heterocycles. The van der Waals surface area contributed by atoms with E-state index in [4.69, 9.17) is 4.98 Å². The van der Waals surface area contributed by atoms with Gasteiger partial charge in [-0.15, -0.1) is 0 Å². The highest BCUT2D eigenvalue weighted by Gasteiger charge is 2.13. The summed E-state index contributed by atoms with van der Waals surface area (Å²) in [7, 11) is 0. The summed E-state index contributed by atoms with van der Waals surface area (Å²) >= 11 is 0. The van der Waals surface area contributed by atoms with E-state index in [1.165, 1.54) is 43.3 Å². The largest absolute Gasteiger partial charge is 0.255 e. The molecule has 4 aromatic carbocycles. The molecule has 0 unspecified atom stereocenters. The van der Waals surface area contributed by atoms with Crippen LogP contribution in [0.25, 0.3) is 43.2 Å². The van der Waals surface area contributed by atoms with Gasteiger partial charge in [0.2, 0.25) is 0 Å². The number of hydrogen-bond acceptors (Lipinski definition) is 1. The lowest BCUT2D eigenvalue weighted by Gasteiger charge is -2.14. The third-order valence-corrected chi connectivity index (χ3v) is 4.46. The van der Waals surface area contributed by atoms with E-state index in [-0.39, 0.29) is 0 Å². The molecule has 0 saturated heterocycles. The van der Waals surface area contributed by atoms with Crippen LogP contribution < -0.4 is 0 Å². The predicted molar refractivity (Wildman–Crippen MR) is 90.2 cm³/mol. The first-order valence-corrected chi connectivity index (χ1v) is 7.25. The molecule has 0 fully saturated rings. The van der Waals surface area contributed by atoms with Crippen LogP contribution in [0.2, 0.25) is 0 Å². The Morgan fingerprint density at radius 2 is 1.38 bits per heavy atom. The van der Waals surface area contributed by atoms with Crippen LogP contribution in [0.1, 0.15) is 5.56 Å². The van der Waals surface area contributed by atoms with Crippen LogP contribution >= 0.6 is 0 Å². The second-order valence-electron chi connectivity index (χ2n) is 5.78. The summed E-state index contributed by atoms with van der Waals surface area (Å²) in [5, 5.41) is 9.13. The van der Waals surface area contributed by atoms with Gasteiger partial charge in [-0.3, -0.25) is 4.98 Å². The zero-order valence-electron chi connectivity index (χ0n) is 11.7. The molecule has 1 heteroatoms. The zero-order valence-corrected chi connectivity index (χ0v) is 11.7. The van der Waals surface area contributed by atoms with Gasteiger partial charge in [0.25, 0.3) is 0 Å². The smallest absolute Gasteiger partial charge is 0.0787 e. The topological polar surface area (TPSA) is 12.9 Å². The Bertz CT molecular complexity index is 1140.